The Balaban J connectivity index is 1.59. The van der Waals surface area contributed by atoms with Gasteiger partial charge in [-0.2, -0.15) is 0 Å². The number of carbonyl (C=O) groups is 3. The fraction of sp³-hybridized carbons (Fsp3) is 0.125. The lowest BCUT2D eigenvalue weighted by Crippen LogP contribution is -2.22. The van der Waals surface area contributed by atoms with Crippen molar-refractivity contribution in [3.05, 3.63) is 89.5 Å². The van der Waals surface area contributed by atoms with E-state index in [1.54, 1.807) is 43.4 Å². The van der Waals surface area contributed by atoms with Crippen molar-refractivity contribution in [2.45, 2.75) is 6.92 Å². The molecule has 3 rings (SSSR count). The molecule has 0 aliphatic carbocycles. The van der Waals surface area contributed by atoms with Gasteiger partial charge < -0.3 is 21.3 Å². The fourth-order valence-corrected chi connectivity index (χ4v) is 2.98. The standard InChI is InChI=1S/C24H24N4O3/c1-16-20(9-6-10-21(16)28-24(31)17-7-4-3-5-8-17)26-15-22(29)27-19-13-11-18(12-14-19)23(30)25-2/h3-14,26H,15H2,1-2H3,(H,25,30)(H,27,29)(H,28,31). The molecule has 31 heavy (non-hydrogen) atoms. The van der Waals surface area contributed by atoms with Gasteiger partial charge in [-0.15, -0.1) is 0 Å². The highest BCUT2D eigenvalue weighted by Crippen LogP contribution is 2.24. The second-order valence-electron chi connectivity index (χ2n) is 6.86. The van der Waals surface area contributed by atoms with Gasteiger partial charge in [0.2, 0.25) is 5.91 Å². The van der Waals surface area contributed by atoms with Crippen LogP contribution in [0.5, 0.6) is 0 Å². The second-order valence-corrected chi connectivity index (χ2v) is 6.86. The van der Waals surface area contributed by atoms with Crippen molar-refractivity contribution in [1.82, 2.24) is 5.32 Å². The summed E-state index contributed by atoms with van der Waals surface area (Å²) in [5.41, 5.74) is 3.93. The number of amides is 3. The molecule has 158 valence electrons. The van der Waals surface area contributed by atoms with Gasteiger partial charge in [-0.1, -0.05) is 24.3 Å². The molecule has 0 atom stereocenters. The van der Waals surface area contributed by atoms with Gasteiger partial charge in [0.05, 0.1) is 6.54 Å². The Labute approximate surface area is 180 Å². The molecule has 0 aliphatic heterocycles. The smallest absolute Gasteiger partial charge is 0.255 e. The van der Waals surface area contributed by atoms with Crippen molar-refractivity contribution >= 4 is 34.8 Å². The van der Waals surface area contributed by atoms with Crippen LogP contribution in [-0.2, 0) is 4.79 Å². The summed E-state index contributed by atoms with van der Waals surface area (Å²) in [6.07, 6.45) is 0. The van der Waals surface area contributed by atoms with Crippen LogP contribution in [0.2, 0.25) is 0 Å². The number of hydrogen-bond donors (Lipinski definition) is 4. The van der Waals surface area contributed by atoms with Crippen molar-refractivity contribution in [2.24, 2.45) is 0 Å². The lowest BCUT2D eigenvalue weighted by molar-refractivity contribution is -0.114. The van der Waals surface area contributed by atoms with E-state index >= 15 is 0 Å². The van der Waals surface area contributed by atoms with Crippen LogP contribution >= 0.6 is 0 Å². The summed E-state index contributed by atoms with van der Waals surface area (Å²) in [5, 5.41) is 11.3. The molecule has 0 saturated carbocycles. The van der Waals surface area contributed by atoms with E-state index < -0.39 is 0 Å². The first-order valence-electron chi connectivity index (χ1n) is 9.80. The van der Waals surface area contributed by atoms with Crippen LogP contribution in [-0.4, -0.2) is 31.3 Å². The zero-order valence-electron chi connectivity index (χ0n) is 17.4. The summed E-state index contributed by atoms with van der Waals surface area (Å²) < 4.78 is 0. The Morgan fingerprint density at radius 2 is 1.35 bits per heavy atom. The topological polar surface area (TPSA) is 99.3 Å². The third-order valence-corrected chi connectivity index (χ3v) is 4.72. The molecule has 0 unspecified atom stereocenters. The normalized spacial score (nSPS) is 10.1. The lowest BCUT2D eigenvalue weighted by atomic mass is 10.1. The van der Waals surface area contributed by atoms with Gasteiger partial charge in [-0.3, -0.25) is 14.4 Å². The van der Waals surface area contributed by atoms with Crippen LogP contribution in [0.4, 0.5) is 17.1 Å². The number of anilines is 3. The van der Waals surface area contributed by atoms with E-state index in [4.69, 9.17) is 0 Å². The third-order valence-electron chi connectivity index (χ3n) is 4.72. The molecule has 0 saturated heterocycles. The van der Waals surface area contributed by atoms with Gasteiger partial charge in [-0.05, 0) is 61.0 Å². The predicted molar refractivity (Wildman–Crippen MR) is 123 cm³/mol. The van der Waals surface area contributed by atoms with Gasteiger partial charge >= 0.3 is 0 Å². The van der Waals surface area contributed by atoms with E-state index in [0.29, 0.717) is 22.5 Å². The Hall–Kier alpha value is -4.13. The summed E-state index contributed by atoms with van der Waals surface area (Å²) >= 11 is 0. The average molecular weight is 416 g/mol. The molecule has 0 aromatic heterocycles. The molecule has 0 heterocycles. The first kappa shape index (κ1) is 21.6. The average Bonchev–Trinajstić information content (AvgIpc) is 2.80. The molecule has 0 fully saturated rings. The number of nitrogens with one attached hydrogen (secondary N) is 4. The van der Waals surface area contributed by atoms with E-state index in [1.165, 1.54) is 0 Å². The van der Waals surface area contributed by atoms with E-state index in [-0.39, 0.29) is 24.3 Å². The Kier molecular flexibility index (Phi) is 7.01. The van der Waals surface area contributed by atoms with Crippen LogP contribution in [0.1, 0.15) is 26.3 Å². The summed E-state index contributed by atoms with van der Waals surface area (Å²) in [6.45, 7) is 1.92. The SMILES string of the molecule is CNC(=O)c1ccc(NC(=O)CNc2cccc(NC(=O)c3ccccc3)c2C)cc1. The molecule has 0 spiro atoms. The van der Waals surface area contributed by atoms with Gasteiger partial charge in [0.15, 0.2) is 0 Å². The first-order valence-corrected chi connectivity index (χ1v) is 9.80. The maximum Gasteiger partial charge on any atom is 0.255 e. The molecular weight excluding hydrogens is 392 g/mol. The minimum absolute atomic E-state index is 0.0497. The van der Waals surface area contributed by atoms with Crippen LogP contribution in [0, 0.1) is 6.92 Å². The molecule has 4 N–H and O–H groups in total. The molecule has 3 amide bonds. The number of rotatable bonds is 7. The summed E-state index contributed by atoms with van der Waals surface area (Å²) in [6, 6.07) is 21.1. The minimum Gasteiger partial charge on any atom is -0.376 e. The Morgan fingerprint density at radius 3 is 2.03 bits per heavy atom. The van der Waals surface area contributed by atoms with Crippen LogP contribution in [0.3, 0.4) is 0 Å². The zero-order chi connectivity index (χ0) is 22.2. The maximum absolute atomic E-state index is 12.4. The van der Waals surface area contributed by atoms with Gasteiger partial charge in [0, 0.05) is 35.2 Å². The second kappa shape index (κ2) is 10.1. The summed E-state index contributed by atoms with van der Waals surface area (Å²) in [4.78, 5) is 36.3. The minimum atomic E-state index is -0.231. The number of carbonyl (C=O) groups excluding carboxylic acids is 3. The van der Waals surface area contributed by atoms with Crippen LogP contribution in [0.25, 0.3) is 0 Å². The molecule has 3 aromatic rings. The number of hydrogen-bond acceptors (Lipinski definition) is 4. The molecule has 0 aliphatic rings. The molecule has 3 aromatic carbocycles. The highest BCUT2D eigenvalue weighted by Gasteiger charge is 2.11. The third kappa shape index (κ3) is 5.70. The highest BCUT2D eigenvalue weighted by atomic mass is 16.2. The Bertz CT molecular complexity index is 1080. The van der Waals surface area contributed by atoms with Crippen molar-refractivity contribution in [3.8, 4) is 0 Å². The zero-order valence-corrected chi connectivity index (χ0v) is 17.4. The largest absolute Gasteiger partial charge is 0.376 e. The monoisotopic (exact) mass is 416 g/mol. The van der Waals surface area contributed by atoms with Crippen LogP contribution < -0.4 is 21.3 Å². The molecule has 7 heteroatoms. The van der Waals surface area contributed by atoms with Crippen molar-refractivity contribution in [2.75, 3.05) is 29.5 Å². The fourth-order valence-electron chi connectivity index (χ4n) is 2.98. The van der Waals surface area contributed by atoms with Crippen molar-refractivity contribution in [3.63, 3.8) is 0 Å². The van der Waals surface area contributed by atoms with E-state index in [9.17, 15) is 14.4 Å². The van der Waals surface area contributed by atoms with E-state index in [1.807, 2.05) is 43.3 Å². The van der Waals surface area contributed by atoms with Crippen LogP contribution in [0.15, 0.2) is 72.8 Å². The van der Waals surface area contributed by atoms with Gasteiger partial charge in [0.25, 0.3) is 11.8 Å². The Morgan fingerprint density at radius 1 is 0.710 bits per heavy atom. The molecule has 7 nitrogen and oxygen atoms in total. The van der Waals surface area contributed by atoms with E-state index in [0.717, 1.165) is 11.3 Å². The predicted octanol–water partition coefficient (Wildman–Crippen LogP) is 3.66. The summed E-state index contributed by atoms with van der Waals surface area (Å²) in [7, 11) is 1.56. The van der Waals surface area contributed by atoms with E-state index in [2.05, 4.69) is 21.3 Å². The van der Waals surface area contributed by atoms with Crippen molar-refractivity contribution < 1.29 is 14.4 Å². The summed E-state index contributed by atoms with van der Waals surface area (Å²) in [5.74, 6) is -0.612. The molecular formula is C24H24N4O3. The maximum atomic E-state index is 12.4. The first-order chi connectivity index (χ1) is 15.0. The molecule has 0 radical (unpaired) electrons. The lowest BCUT2D eigenvalue weighted by Gasteiger charge is -2.14. The quantitative estimate of drug-likeness (QED) is 0.472. The van der Waals surface area contributed by atoms with Gasteiger partial charge in [-0.25, -0.2) is 0 Å². The highest BCUT2D eigenvalue weighted by molar-refractivity contribution is 6.05. The molecule has 0 bridgehead atoms. The van der Waals surface area contributed by atoms with Crippen molar-refractivity contribution in [1.29, 1.82) is 0 Å². The van der Waals surface area contributed by atoms with Gasteiger partial charge in [0.1, 0.15) is 0 Å². The number of benzene rings is 3.